The summed E-state index contributed by atoms with van der Waals surface area (Å²) in [5, 5.41) is 2.85. The van der Waals surface area contributed by atoms with E-state index in [2.05, 4.69) is 26.2 Å². The van der Waals surface area contributed by atoms with Crippen LogP contribution in [0.3, 0.4) is 0 Å². The van der Waals surface area contributed by atoms with Gasteiger partial charge in [-0.2, -0.15) is 0 Å². The van der Waals surface area contributed by atoms with E-state index in [1.165, 1.54) is 0 Å². The van der Waals surface area contributed by atoms with Gasteiger partial charge in [0.25, 0.3) is 5.91 Å². The summed E-state index contributed by atoms with van der Waals surface area (Å²) in [4.78, 5) is 16.1. The van der Waals surface area contributed by atoms with E-state index >= 15 is 0 Å². The maximum absolute atomic E-state index is 12.0. The molecule has 2 aromatic rings. The van der Waals surface area contributed by atoms with Gasteiger partial charge in [0.1, 0.15) is 0 Å². The lowest BCUT2D eigenvalue weighted by Gasteiger charge is -2.08. The fraction of sp³-hybridized carbons (Fsp3) is 0.143. The molecule has 0 atom stereocenters. The van der Waals surface area contributed by atoms with Gasteiger partial charge in [-0.25, -0.2) is 0 Å². The standard InChI is InChI=1S/C14H14BrN3O/c1-9-13(6-12(16)8-17-9)14(19)18-7-10-2-4-11(15)5-3-10/h2-6,8H,7,16H2,1H3,(H,18,19). The largest absolute Gasteiger partial charge is 0.397 e. The maximum Gasteiger partial charge on any atom is 0.253 e. The Bertz CT molecular complexity index is 596. The summed E-state index contributed by atoms with van der Waals surface area (Å²) in [5.41, 5.74) is 8.34. The molecule has 0 fully saturated rings. The molecule has 3 N–H and O–H groups in total. The molecule has 1 amide bonds. The van der Waals surface area contributed by atoms with Gasteiger partial charge in [-0.15, -0.1) is 0 Å². The molecule has 5 heteroatoms. The van der Waals surface area contributed by atoms with Gasteiger partial charge in [0.2, 0.25) is 0 Å². The molecular formula is C14H14BrN3O. The number of carbonyl (C=O) groups excluding carboxylic acids is 1. The van der Waals surface area contributed by atoms with E-state index in [1.54, 1.807) is 19.2 Å². The molecule has 1 aromatic carbocycles. The Labute approximate surface area is 120 Å². The second-order valence-corrected chi connectivity index (χ2v) is 5.13. The molecule has 0 spiro atoms. The quantitative estimate of drug-likeness (QED) is 0.913. The number of aromatic nitrogens is 1. The zero-order valence-corrected chi connectivity index (χ0v) is 12.1. The second-order valence-electron chi connectivity index (χ2n) is 4.21. The first kappa shape index (κ1) is 13.5. The first-order chi connectivity index (χ1) is 9.06. The number of hydrogen-bond acceptors (Lipinski definition) is 3. The molecule has 0 saturated carbocycles. The predicted octanol–water partition coefficient (Wildman–Crippen LogP) is 2.66. The Balaban J connectivity index is 2.05. The van der Waals surface area contributed by atoms with Crippen molar-refractivity contribution in [1.82, 2.24) is 10.3 Å². The molecule has 19 heavy (non-hydrogen) atoms. The molecule has 0 unspecified atom stereocenters. The van der Waals surface area contributed by atoms with Crippen molar-refractivity contribution in [2.24, 2.45) is 0 Å². The van der Waals surface area contributed by atoms with Crippen LogP contribution in [0, 0.1) is 6.92 Å². The van der Waals surface area contributed by atoms with Crippen molar-refractivity contribution in [1.29, 1.82) is 0 Å². The summed E-state index contributed by atoms with van der Waals surface area (Å²) in [6, 6.07) is 9.42. The Hall–Kier alpha value is -1.88. The van der Waals surface area contributed by atoms with Crippen molar-refractivity contribution in [3.8, 4) is 0 Å². The normalized spacial score (nSPS) is 10.2. The number of aryl methyl sites for hydroxylation is 1. The van der Waals surface area contributed by atoms with Crippen LogP contribution in [0.5, 0.6) is 0 Å². The molecule has 2 rings (SSSR count). The maximum atomic E-state index is 12.0. The number of carbonyl (C=O) groups is 1. The average molecular weight is 320 g/mol. The summed E-state index contributed by atoms with van der Waals surface area (Å²) in [6.07, 6.45) is 1.54. The molecule has 0 saturated heterocycles. The van der Waals surface area contributed by atoms with Crippen LogP contribution in [0.2, 0.25) is 0 Å². The molecule has 0 radical (unpaired) electrons. The second kappa shape index (κ2) is 5.84. The third-order valence-corrected chi connectivity index (χ3v) is 3.25. The fourth-order valence-corrected chi connectivity index (χ4v) is 1.92. The number of nitrogens with zero attached hydrogens (tertiary/aromatic N) is 1. The van der Waals surface area contributed by atoms with Crippen molar-refractivity contribution in [2.45, 2.75) is 13.5 Å². The topological polar surface area (TPSA) is 68.0 Å². The molecule has 4 nitrogen and oxygen atoms in total. The van der Waals surface area contributed by atoms with Crippen LogP contribution < -0.4 is 11.1 Å². The number of nitrogen functional groups attached to an aromatic ring is 1. The Morgan fingerprint density at radius 2 is 2.05 bits per heavy atom. The molecular weight excluding hydrogens is 306 g/mol. The van der Waals surface area contributed by atoms with Gasteiger partial charge >= 0.3 is 0 Å². The van der Waals surface area contributed by atoms with Crippen molar-refractivity contribution in [2.75, 3.05) is 5.73 Å². The zero-order valence-electron chi connectivity index (χ0n) is 10.5. The highest BCUT2D eigenvalue weighted by molar-refractivity contribution is 9.10. The SMILES string of the molecule is Cc1ncc(N)cc1C(=O)NCc1ccc(Br)cc1. The first-order valence-corrected chi connectivity index (χ1v) is 6.60. The Kier molecular flexibility index (Phi) is 4.16. The molecule has 1 aromatic heterocycles. The van der Waals surface area contributed by atoms with Crippen molar-refractivity contribution >= 4 is 27.5 Å². The number of benzene rings is 1. The van der Waals surface area contributed by atoms with E-state index in [4.69, 9.17) is 5.73 Å². The van der Waals surface area contributed by atoms with E-state index in [9.17, 15) is 4.79 Å². The van der Waals surface area contributed by atoms with E-state index < -0.39 is 0 Å². The van der Waals surface area contributed by atoms with Crippen LogP contribution in [0.25, 0.3) is 0 Å². The summed E-state index contributed by atoms with van der Waals surface area (Å²) in [6.45, 7) is 2.26. The van der Waals surface area contributed by atoms with Crippen molar-refractivity contribution in [3.05, 3.63) is 57.8 Å². The third-order valence-electron chi connectivity index (χ3n) is 2.72. The van der Waals surface area contributed by atoms with E-state index in [1.807, 2.05) is 24.3 Å². The number of anilines is 1. The van der Waals surface area contributed by atoms with Crippen LogP contribution in [0.1, 0.15) is 21.6 Å². The smallest absolute Gasteiger partial charge is 0.253 e. The summed E-state index contributed by atoms with van der Waals surface area (Å²) in [7, 11) is 0. The molecule has 0 aliphatic carbocycles. The molecule has 0 aliphatic rings. The highest BCUT2D eigenvalue weighted by Gasteiger charge is 2.10. The average Bonchev–Trinajstić information content (AvgIpc) is 2.40. The highest BCUT2D eigenvalue weighted by atomic mass is 79.9. The van der Waals surface area contributed by atoms with Gasteiger partial charge in [0.05, 0.1) is 23.1 Å². The van der Waals surface area contributed by atoms with Crippen LogP contribution in [0.4, 0.5) is 5.69 Å². The third kappa shape index (κ3) is 3.54. The van der Waals surface area contributed by atoms with Crippen LogP contribution >= 0.6 is 15.9 Å². The van der Waals surface area contributed by atoms with Crippen LogP contribution in [-0.4, -0.2) is 10.9 Å². The lowest BCUT2D eigenvalue weighted by molar-refractivity contribution is 0.0950. The van der Waals surface area contributed by atoms with Crippen molar-refractivity contribution in [3.63, 3.8) is 0 Å². The molecule has 1 heterocycles. The summed E-state index contributed by atoms with van der Waals surface area (Å²) < 4.78 is 1.01. The van der Waals surface area contributed by atoms with Gasteiger partial charge in [0, 0.05) is 11.0 Å². The lowest BCUT2D eigenvalue weighted by Crippen LogP contribution is -2.24. The van der Waals surface area contributed by atoms with Gasteiger partial charge < -0.3 is 11.1 Å². The van der Waals surface area contributed by atoms with E-state index in [-0.39, 0.29) is 5.91 Å². The van der Waals surface area contributed by atoms with Gasteiger partial charge in [-0.05, 0) is 30.7 Å². The number of halogens is 1. The minimum atomic E-state index is -0.166. The fourth-order valence-electron chi connectivity index (χ4n) is 1.66. The molecule has 0 aliphatic heterocycles. The van der Waals surface area contributed by atoms with Gasteiger partial charge in [-0.3, -0.25) is 9.78 Å². The van der Waals surface area contributed by atoms with Gasteiger partial charge in [0.15, 0.2) is 0 Å². The number of pyridine rings is 1. The number of rotatable bonds is 3. The number of amides is 1. The summed E-state index contributed by atoms with van der Waals surface area (Å²) in [5.74, 6) is -0.166. The number of nitrogens with two attached hydrogens (primary N) is 1. The first-order valence-electron chi connectivity index (χ1n) is 5.81. The monoisotopic (exact) mass is 319 g/mol. The minimum Gasteiger partial charge on any atom is -0.397 e. The van der Waals surface area contributed by atoms with Crippen LogP contribution in [-0.2, 0) is 6.54 Å². The summed E-state index contributed by atoms with van der Waals surface area (Å²) >= 11 is 3.37. The number of nitrogens with one attached hydrogen (secondary N) is 1. The van der Waals surface area contributed by atoms with Crippen molar-refractivity contribution < 1.29 is 4.79 Å². The van der Waals surface area contributed by atoms with Crippen LogP contribution in [0.15, 0.2) is 41.0 Å². The Morgan fingerprint density at radius 3 is 2.74 bits per heavy atom. The highest BCUT2D eigenvalue weighted by Crippen LogP contribution is 2.12. The van der Waals surface area contributed by atoms with E-state index in [0.29, 0.717) is 23.5 Å². The molecule has 98 valence electrons. The zero-order chi connectivity index (χ0) is 13.8. The lowest BCUT2D eigenvalue weighted by atomic mass is 10.1. The molecule has 0 bridgehead atoms. The predicted molar refractivity (Wildman–Crippen MR) is 78.7 cm³/mol. The van der Waals surface area contributed by atoms with E-state index in [0.717, 1.165) is 10.0 Å². The Morgan fingerprint density at radius 1 is 1.37 bits per heavy atom. The minimum absolute atomic E-state index is 0.166. The van der Waals surface area contributed by atoms with Gasteiger partial charge in [-0.1, -0.05) is 28.1 Å². The number of hydrogen-bond donors (Lipinski definition) is 2.